The number of hydrogen-bond acceptors (Lipinski definition) is 6. The van der Waals surface area contributed by atoms with Crippen molar-refractivity contribution < 1.29 is 10.2 Å². The number of anilines is 3. The topological polar surface area (TPSA) is 90.3 Å². The zero-order chi connectivity index (χ0) is 15.5. The predicted molar refractivity (Wildman–Crippen MR) is 85.6 cm³/mol. The summed E-state index contributed by atoms with van der Waals surface area (Å²) in [5.41, 5.74) is 1.86. The van der Waals surface area contributed by atoms with Crippen LogP contribution in [-0.4, -0.2) is 32.8 Å². The van der Waals surface area contributed by atoms with E-state index in [0.717, 1.165) is 24.2 Å². The minimum Gasteiger partial charge on any atom is -0.508 e. The Labute approximate surface area is 129 Å². The van der Waals surface area contributed by atoms with E-state index in [0.29, 0.717) is 17.7 Å². The monoisotopic (exact) mass is 300 g/mol. The van der Waals surface area contributed by atoms with Gasteiger partial charge in [-0.05, 0) is 44.0 Å². The Kier molecular flexibility index (Phi) is 4.11. The number of phenolic OH excluding ortho intramolecular Hbond substituents is 1. The van der Waals surface area contributed by atoms with Crippen molar-refractivity contribution in [1.82, 2.24) is 9.97 Å². The molecule has 1 aliphatic carbocycles. The summed E-state index contributed by atoms with van der Waals surface area (Å²) in [4.78, 5) is 8.97. The van der Waals surface area contributed by atoms with E-state index < -0.39 is 0 Å². The number of hydrogen-bond donors (Lipinski definition) is 4. The number of benzene rings is 1. The highest BCUT2D eigenvalue weighted by Gasteiger charge is 2.26. The van der Waals surface area contributed by atoms with Gasteiger partial charge in [0, 0.05) is 23.7 Å². The molecular formula is C16H20N4O2. The third-order valence-electron chi connectivity index (χ3n) is 3.53. The third kappa shape index (κ3) is 3.65. The molecule has 116 valence electrons. The van der Waals surface area contributed by atoms with E-state index in [1.54, 1.807) is 24.3 Å². The molecule has 1 aliphatic rings. The number of aromatic nitrogens is 2. The van der Waals surface area contributed by atoms with Crippen molar-refractivity contribution in [1.29, 1.82) is 0 Å². The second-order valence-electron chi connectivity index (χ2n) is 5.68. The standard InChI is InChI=1S/C16H20N4O2/c1-10(9-21)17-16-19-14(11-2-3-11)8-15(20-16)18-12-4-6-13(22)7-5-12/h4-8,10-11,21-22H,2-3,9H2,1H3,(H2,17,18,19,20)/t10-/m1/s1. The maximum Gasteiger partial charge on any atom is 0.225 e. The lowest BCUT2D eigenvalue weighted by atomic mass is 10.2. The molecule has 1 aromatic heterocycles. The molecule has 3 rings (SSSR count). The Bertz CT molecular complexity index is 641. The maximum absolute atomic E-state index is 9.33. The molecule has 6 heteroatoms. The maximum atomic E-state index is 9.33. The van der Waals surface area contributed by atoms with Gasteiger partial charge in [0.05, 0.1) is 12.3 Å². The molecule has 0 bridgehead atoms. The van der Waals surface area contributed by atoms with Crippen molar-refractivity contribution in [2.75, 3.05) is 17.2 Å². The molecule has 1 aromatic carbocycles. The molecule has 1 saturated carbocycles. The van der Waals surface area contributed by atoms with Crippen LogP contribution >= 0.6 is 0 Å². The first kappa shape index (κ1) is 14.6. The molecule has 0 spiro atoms. The van der Waals surface area contributed by atoms with Crippen LogP contribution in [0.1, 0.15) is 31.4 Å². The summed E-state index contributed by atoms with van der Waals surface area (Å²) < 4.78 is 0. The van der Waals surface area contributed by atoms with E-state index in [-0.39, 0.29) is 18.4 Å². The van der Waals surface area contributed by atoms with E-state index in [4.69, 9.17) is 5.11 Å². The average Bonchev–Trinajstić information content (AvgIpc) is 3.34. The summed E-state index contributed by atoms with van der Waals surface area (Å²) in [6.07, 6.45) is 2.31. The highest BCUT2D eigenvalue weighted by molar-refractivity contribution is 5.58. The first-order valence-corrected chi connectivity index (χ1v) is 7.46. The Morgan fingerprint density at radius 2 is 1.95 bits per heavy atom. The number of aromatic hydroxyl groups is 1. The van der Waals surface area contributed by atoms with Crippen molar-refractivity contribution in [2.24, 2.45) is 0 Å². The Hall–Kier alpha value is -2.34. The number of aliphatic hydroxyl groups excluding tert-OH is 1. The van der Waals surface area contributed by atoms with Crippen LogP contribution in [0.15, 0.2) is 30.3 Å². The van der Waals surface area contributed by atoms with Crippen molar-refractivity contribution in [2.45, 2.75) is 31.7 Å². The van der Waals surface area contributed by atoms with Crippen molar-refractivity contribution in [3.05, 3.63) is 36.0 Å². The molecule has 0 saturated heterocycles. The van der Waals surface area contributed by atoms with Crippen LogP contribution in [0.25, 0.3) is 0 Å². The Morgan fingerprint density at radius 1 is 1.23 bits per heavy atom. The molecule has 0 amide bonds. The molecule has 22 heavy (non-hydrogen) atoms. The number of aliphatic hydroxyl groups is 1. The van der Waals surface area contributed by atoms with Gasteiger partial charge in [-0.2, -0.15) is 4.98 Å². The lowest BCUT2D eigenvalue weighted by Gasteiger charge is -2.14. The van der Waals surface area contributed by atoms with Gasteiger partial charge in [-0.3, -0.25) is 0 Å². The lowest BCUT2D eigenvalue weighted by Crippen LogP contribution is -2.21. The first-order valence-electron chi connectivity index (χ1n) is 7.46. The number of phenols is 1. The molecule has 1 heterocycles. The van der Waals surface area contributed by atoms with E-state index in [9.17, 15) is 5.11 Å². The summed E-state index contributed by atoms with van der Waals surface area (Å²) in [7, 11) is 0. The molecule has 1 fully saturated rings. The fourth-order valence-electron chi connectivity index (χ4n) is 2.14. The number of nitrogens with one attached hydrogen (secondary N) is 2. The summed E-state index contributed by atoms with van der Waals surface area (Å²) in [5.74, 6) is 1.96. The third-order valence-corrected chi connectivity index (χ3v) is 3.53. The molecule has 0 aliphatic heterocycles. The van der Waals surface area contributed by atoms with Gasteiger partial charge in [0.1, 0.15) is 11.6 Å². The van der Waals surface area contributed by atoms with Crippen molar-refractivity contribution >= 4 is 17.5 Å². The quantitative estimate of drug-likeness (QED) is 0.613. The van der Waals surface area contributed by atoms with Crippen LogP contribution in [-0.2, 0) is 0 Å². The SMILES string of the molecule is C[C@H](CO)Nc1nc(Nc2ccc(O)cc2)cc(C2CC2)n1. The molecular weight excluding hydrogens is 280 g/mol. The van der Waals surface area contributed by atoms with E-state index >= 15 is 0 Å². The number of nitrogens with zero attached hydrogens (tertiary/aromatic N) is 2. The fourth-order valence-corrected chi connectivity index (χ4v) is 2.14. The number of rotatable bonds is 6. The Morgan fingerprint density at radius 3 is 2.59 bits per heavy atom. The predicted octanol–water partition coefficient (Wildman–Crippen LogP) is 2.60. The van der Waals surface area contributed by atoms with Gasteiger partial charge < -0.3 is 20.8 Å². The summed E-state index contributed by atoms with van der Waals surface area (Å²) >= 11 is 0. The molecule has 0 radical (unpaired) electrons. The van der Waals surface area contributed by atoms with Gasteiger partial charge in [-0.1, -0.05) is 0 Å². The molecule has 2 aromatic rings. The van der Waals surface area contributed by atoms with Gasteiger partial charge in [0.25, 0.3) is 0 Å². The molecule has 1 atom stereocenters. The van der Waals surface area contributed by atoms with Gasteiger partial charge in [-0.15, -0.1) is 0 Å². The van der Waals surface area contributed by atoms with Crippen LogP contribution < -0.4 is 10.6 Å². The molecule has 0 unspecified atom stereocenters. The smallest absolute Gasteiger partial charge is 0.225 e. The minimum atomic E-state index is -0.101. The van der Waals surface area contributed by atoms with Gasteiger partial charge in [0.15, 0.2) is 0 Å². The normalized spacial score (nSPS) is 15.4. The summed E-state index contributed by atoms with van der Waals surface area (Å²) in [6.45, 7) is 1.90. The second kappa shape index (κ2) is 6.19. The largest absolute Gasteiger partial charge is 0.508 e. The van der Waals surface area contributed by atoms with Crippen LogP contribution in [0.4, 0.5) is 17.5 Å². The highest BCUT2D eigenvalue weighted by atomic mass is 16.3. The highest BCUT2D eigenvalue weighted by Crippen LogP contribution is 2.40. The van der Waals surface area contributed by atoms with E-state index in [1.165, 1.54) is 0 Å². The Balaban J connectivity index is 1.83. The molecule has 4 N–H and O–H groups in total. The van der Waals surface area contributed by atoms with E-state index in [2.05, 4.69) is 20.6 Å². The van der Waals surface area contributed by atoms with Crippen molar-refractivity contribution in [3.63, 3.8) is 0 Å². The first-order chi connectivity index (χ1) is 10.6. The van der Waals surface area contributed by atoms with Crippen LogP contribution in [0.2, 0.25) is 0 Å². The summed E-state index contributed by atoms with van der Waals surface area (Å²) in [6, 6.07) is 8.68. The second-order valence-corrected chi connectivity index (χ2v) is 5.68. The molecule has 6 nitrogen and oxygen atoms in total. The van der Waals surface area contributed by atoms with Crippen LogP contribution in [0.5, 0.6) is 5.75 Å². The fraction of sp³-hybridized carbons (Fsp3) is 0.375. The van der Waals surface area contributed by atoms with Crippen molar-refractivity contribution in [3.8, 4) is 5.75 Å². The van der Waals surface area contributed by atoms with Gasteiger partial charge in [-0.25, -0.2) is 4.98 Å². The lowest BCUT2D eigenvalue weighted by molar-refractivity contribution is 0.281. The van der Waals surface area contributed by atoms with Crippen LogP contribution in [0.3, 0.4) is 0 Å². The summed E-state index contributed by atoms with van der Waals surface area (Å²) in [5, 5.41) is 24.8. The zero-order valence-corrected chi connectivity index (χ0v) is 12.5. The van der Waals surface area contributed by atoms with Gasteiger partial charge >= 0.3 is 0 Å². The van der Waals surface area contributed by atoms with Gasteiger partial charge in [0.2, 0.25) is 5.95 Å². The van der Waals surface area contributed by atoms with E-state index in [1.807, 2.05) is 13.0 Å². The van der Waals surface area contributed by atoms with Crippen LogP contribution in [0, 0.1) is 0 Å². The minimum absolute atomic E-state index is 0.0255. The zero-order valence-electron chi connectivity index (χ0n) is 12.5. The average molecular weight is 300 g/mol.